The Morgan fingerprint density at radius 1 is 1.00 bits per heavy atom. The maximum atomic E-state index is 11.6. The Kier molecular flexibility index (Phi) is 7.64. The van der Waals surface area contributed by atoms with Crippen molar-refractivity contribution in [3.63, 3.8) is 0 Å². The molecular weight excluding hydrogens is 284 g/mol. The number of carbonyl (C=O) groups is 1. The summed E-state index contributed by atoms with van der Waals surface area (Å²) in [5.41, 5.74) is 2.00. The number of hydrogen-bond donors (Lipinski definition) is 0. The van der Waals surface area contributed by atoms with Crippen molar-refractivity contribution in [2.75, 3.05) is 6.61 Å². The molecule has 2 nitrogen and oxygen atoms in total. The maximum Gasteiger partial charge on any atom is 0.338 e. The van der Waals surface area contributed by atoms with Crippen molar-refractivity contribution in [1.82, 2.24) is 0 Å². The maximum absolute atomic E-state index is 11.6. The SMILES string of the molecule is CCCC[C@H]1CC[C@H](CCc2ccc(C(=O)OCC)cc2)CC1. The van der Waals surface area contributed by atoms with E-state index in [0.717, 1.165) is 18.3 Å². The largest absolute Gasteiger partial charge is 0.462 e. The molecule has 2 heteroatoms. The van der Waals surface area contributed by atoms with Crippen molar-refractivity contribution in [2.24, 2.45) is 11.8 Å². The van der Waals surface area contributed by atoms with Gasteiger partial charge in [0.2, 0.25) is 0 Å². The Morgan fingerprint density at radius 3 is 2.17 bits per heavy atom. The number of rotatable bonds is 8. The molecule has 1 saturated carbocycles. The van der Waals surface area contributed by atoms with Crippen LogP contribution >= 0.6 is 0 Å². The first-order chi connectivity index (χ1) is 11.2. The second kappa shape index (κ2) is 9.75. The highest BCUT2D eigenvalue weighted by atomic mass is 16.5. The van der Waals surface area contributed by atoms with E-state index in [1.807, 2.05) is 19.1 Å². The van der Waals surface area contributed by atoms with E-state index in [4.69, 9.17) is 4.74 Å². The summed E-state index contributed by atoms with van der Waals surface area (Å²) in [4.78, 5) is 11.6. The number of hydrogen-bond acceptors (Lipinski definition) is 2. The number of carbonyl (C=O) groups excluding carboxylic acids is 1. The van der Waals surface area contributed by atoms with Gasteiger partial charge in [-0.1, -0.05) is 64.0 Å². The fourth-order valence-corrected chi connectivity index (χ4v) is 3.69. The Hall–Kier alpha value is -1.31. The van der Waals surface area contributed by atoms with Crippen molar-refractivity contribution in [3.05, 3.63) is 35.4 Å². The van der Waals surface area contributed by atoms with E-state index in [1.54, 1.807) is 0 Å². The van der Waals surface area contributed by atoms with Gasteiger partial charge in [-0.3, -0.25) is 0 Å². The summed E-state index contributed by atoms with van der Waals surface area (Å²) in [6, 6.07) is 7.96. The molecular formula is C21H32O2. The van der Waals surface area contributed by atoms with Crippen LogP contribution in [0.25, 0.3) is 0 Å². The van der Waals surface area contributed by atoms with Gasteiger partial charge in [-0.2, -0.15) is 0 Å². The quantitative estimate of drug-likeness (QED) is 0.567. The lowest BCUT2D eigenvalue weighted by Gasteiger charge is -2.28. The third-order valence-corrected chi connectivity index (χ3v) is 5.24. The van der Waals surface area contributed by atoms with Gasteiger partial charge in [0.05, 0.1) is 12.2 Å². The lowest BCUT2D eigenvalue weighted by atomic mass is 9.78. The first-order valence-electron chi connectivity index (χ1n) is 9.49. The van der Waals surface area contributed by atoms with Crippen molar-refractivity contribution in [3.8, 4) is 0 Å². The van der Waals surface area contributed by atoms with Crippen LogP contribution in [0.15, 0.2) is 24.3 Å². The Balaban J connectivity index is 1.71. The molecule has 0 aliphatic heterocycles. The predicted octanol–water partition coefficient (Wildman–Crippen LogP) is 5.79. The number of unbranched alkanes of at least 4 members (excludes halogenated alkanes) is 1. The van der Waals surface area contributed by atoms with Crippen molar-refractivity contribution in [1.29, 1.82) is 0 Å². The zero-order valence-electron chi connectivity index (χ0n) is 14.9. The molecule has 0 radical (unpaired) electrons. The Morgan fingerprint density at radius 2 is 1.61 bits per heavy atom. The van der Waals surface area contributed by atoms with E-state index >= 15 is 0 Å². The predicted molar refractivity (Wildman–Crippen MR) is 95.7 cm³/mol. The highest BCUT2D eigenvalue weighted by Crippen LogP contribution is 2.34. The van der Waals surface area contributed by atoms with Gasteiger partial charge in [0.15, 0.2) is 0 Å². The Labute approximate surface area is 141 Å². The normalized spacial score (nSPS) is 21.1. The molecule has 1 aliphatic rings. The lowest BCUT2D eigenvalue weighted by Crippen LogP contribution is -2.15. The van der Waals surface area contributed by atoms with Crippen LogP contribution in [-0.4, -0.2) is 12.6 Å². The average Bonchev–Trinajstić information content (AvgIpc) is 2.59. The molecule has 0 amide bonds. The van der Waals surface area contributed by atoms with Crippen molar-refractivity contribution >= 4 is 5.97 Å². The van der Waals surface area contributed by atoms with E-state index in [1.165, 1.54) is 56.9 Å². The second-order valence-corrected chi connectivity index (χ2v) is 6.99. The van der Waals surface area contributed by atoms with E-state index in [2.05, 4.69) is 19.1 Å². The van der Waals surface area contributed by atoms with Gasteiger partial charge in [-0.25, -0.2) is 4.79 Å². The van der Waals surface area contributed by atoms with Gasteiger partial charge in [-0.15, -0.1) is 0 Å². The monoisotopic (exact) mass is 316 g/mol. The third kappa shape index (κ3) is 6.01. The fraction of sp³-hybridized carbons (Fsp3) is 0.667. The molecule has 0 unspecified atom stereocenters. The minimum absolute atomic E-state index is 0.218. The number of esters is 1. The summed E-state index contributed by atoms with van der Waals surface area (Å²) in [6.07, 6.45) is 12.3. The van der Waals surface area contributed by atoms with Crippen LogP contribution in [0.1, 0.15) is 81.1 Å². The molecule has 1 aliphatic carbocycles. The molecule has 1 fully saturated rings. The topological polar surface area (TPSA) is 26.3 Å². The summed E-state index contributed by atoms with van der Waals surface area (Å²) < 4.78 is 5.02. The summed E-state index contributed by atoms with van der Waals surface area (Å²) in [5, 5.41) is 0. The summed E-state index contributed by atoms with van der Waals surface area (Å²) in [7, 11) is 0. The molecule has 23 heavy (non-hydrogen) atoms. The molecule has 0 N–H and O–H groups in total. The second-order valence-electron chi connectivity index (χ2n) is 6.99. The van der Waals surface area contributed by atoms with Crippen LogP contribution in [0.4, 0.5) is 0 Å². The molecule has 1 aromatic rings. The van der Waals surface area contributed by atoms with Gasteiger partial charge < -0.3 is 4.74 Å². The van der Waals surface area contributed by atoms with Gasteiger partial charge in [0.25, 0.3) is 0 Å². The molecule has 0 aromatic heterocycles. The molecule has 128 valence electrons. The molecule has 0 spiro atoms. The summed E-state index contributed by atoms with van der Waals surface area (Å²) in [6.45, 7) is 4.56. The number of benzene rings is 1. The summed E-state index contributed by atoms with van der Waals surface area (Å²) >= 11 is 0. The lowest BCUT2D eigenvalue weighted by molar-refractivity contribution is 0.0526. The van der Waals surface area contributed by atoms with Crippen LogP contribution in [0.5, 0.6) is 0 Å². The third-order valence-electron chi connectivity index (χ3n) is 5.24. The number of aryl methyl sites for hydroxylation is 1. The molecule has 1 aromatic carbocycles. The van der Waals surface area contributed by atoms with E-state index in [9.17, 15) is 4.79 Å². The molecule has 0 bridgehead atoms. The van der Waals surface area contributed by atoms with Crippen LogP contribution < -0.4 is 0 Å². The first-order valence-corrected chi connectivity index (χ1v) is 9.49. The van der Waals surface area contributed by atoms with Crippen LogP contribution in [0.2, 0.25) is 0 Å². The highest BCUT2D eigenvalue weighted by Gasteiger charge is 2.20. The van der Waals surface area contributed by atoms with Crippen LogP contribution in [0.3, 0.4) is 0 Å². The molecule has 0 heterocycles. The van der Waals surface area contributed by atoms with Gasteiger partial charge >= 0.3 is 5.97 Å². The van der Waals surface area contributed by atoms with Crippen LogP contribution in [-0.2, 0) is 11.2 Å². The van der Waals surface area contributed by atoms with Gasteiger partial charge in [0.1, 0.15) is 0 Å². The van der Waals surface area contributed by atoms with Crippen LogP contribution in [0, 0.1) is 11.8 Å². The minimum atomic E-state index is -0.218. The van der Waals surface area contributed by atoms with Gasteiger partial charge in [0, 0.05) is 0 Å². The van der Waals surface area contributed by atoms with E-state index in [-0.39, 0.29) is 5.97 Å². The first kappa shape index (κ1) is 18.0. The zero-order chi connectivity index (χ0) is 16.5. The minimum Gasteiger partial charge on any atom is -0.462 e. The fourth-order valence-electron chi connectivity index (χ4n) is 3.69. The standard InChI is InChI=1S/C21H32O2/c1-3-5-6-17-7-9-18(10-8-17)11-12-19-13-15-20(16-14-19)21(22)23-4-2/h13-18H,3-12H2,1-2H3/t17-,18-. The van der Waals surface area contributed by atoms with E-state index in [0.29, 0.717) is 12.2 Å². The summed E-state index contributed by atoms with van der Waals surface area (Å²) in [5.74, 6) is 1.68. The molecule has 0 atom stereocenters. The van der Waals surface area contributed by atoms with Crippen molar-refractivity contribution < 1.29 is 9.53 Å². The smallest absolute Gasteiger partial charge is 0.338 e. The highest BCUT2D eigenvalue weighted by molar-refractivity contribution is 5.89. The van der Waals surface area contributed by atoms with Gasteiger partial charge in [-0.05, 0) is 49.3 Å². The molecule has 0 saturated heterocycles. The average molecular weight is 316 g/mol. The number of ether oxygens (including phenoxy) is 1. The zero-order valence-corrected chi connectivity index (χ0v) is 14.9. The van der Waals surface area contributed by atoms with Crippen molar-refractivity contribution in [2.45, 2.75) is 71.6 Å². The Bertz CT molecular complexity index is 455. The molecule has 2 rings (SSSR count). The van der Waals surface area contributed by atoms with E-state index < -0.39 is 0 Å².